The van der Waals surface area contributed by atoms with Gasteiger partial charge in [-0.05, 0) is 84.9 Å². The van der Waals surface area contributed by atoms with E-state index in [4.69, 9.17) is 49.0 Å². The SMILES string of the molecule is C.Cc1c(F)c(F)c(F)c(Oc2ccnc(Cl)n2)c1F.Cc1cc(F)c(F)c(Oc2ccnc(Cl)n2)c1F.Cc1cc(F)c(Oc2ccnc(Cl)n2)c(F)c1. The van der Waals surface area contributed by atoms with Crippen LogP contribution in [-0.4, -0.2) is 29.9 Å². The van der Waals surface area contributed by atoms with Gasteiger partial charge in [-0.3, -0.25) is 0 Å². The van der Waals surface area contributed by atoms with Gasteiger partial charge in [0.2, 0.25) is 62.4 Å². The molecular weight excluding hydrogens is 818 g/mol. The third-order valence-corrected chi connectivity index (χ3v) is 6.85. The Morgan fingerprint density at radius 2 is 0.855 bits per heavy atom. The Balaban J connectivity index is 0.000000220. The van der Waals surface area contributed by atoms with E-state index in [0.717, 1.165) is 19.1 Å². The van der Waals surface area contributed by atoms with E-state index in [2.05, 4.69) is 29.9 Å². The van der Waals surface area contributed by atoms with Crippen molar-refractivity contribution in [2.75, 3.05) is 0 Å². The standard InChI is InChI=1S/C11H5ClF4N2O.C11H6ClF3N2O.C11H7ClF2N2O.CH4/c1-4-6(13)8(15)9(16)10(7(4)14)19-5-2-3-17-11(12)18-5;1-5-4-6(13)9(15)10(8(5)14)18-7-2-3-16-11(12)17-7;1-6-4-7(13)10(8(14)5-6)17-9-2-3-15-11(12)16-9;/h2-3H,1H3;2-4H,1H3;2-5H,1H3;1H4. The first-order chi connectivity index (χ1) is 25.5. The molecule has 3 aromatic carbocycles. The van der Waals surface area contributed by atoms with E-state index in [-0.39, 0.29) is 46.5 Å². The molecule has 3 heterocycles. The molecule has 0 fully saturated rings. The highest BCUT2D eigenvalue weighted by atomic mass is 35.5. The van der Waals surface area contributed by atoms with Crippen molar-refractivity contribution in [3.8, 4) is 34.9 Å². The second kappa shape index (κ2) is 19.2. The third kappa shape index (κ3) is 11.3. The lowest BCUT2D eigenvalue weighted by Crippen LogP contribution is -2.04. The summed E-state index contributed by atoms with van der Waals surface area (Å²) in [5.41, 5.74) is -0.314. The lowest BCUT2D eigenvalue weighted by atomic mass is 10.2. The molecule has 0 spiro atoms. The molecule has 6 aromatic rings. The molecule has 290 valence electrons. The lowest BCUT2D eigenvalue weighted by Gasteiger charge is -2.10. The van der Waals surface area contributed by atoms with Gasteiger partial charge in [0, 0.05) is 42.4 Å². The monoisotopic (exact) mass is 838 g/mol. The van der Waals surface area contributed by atoms with Gasteiger partial charge in [-0.2, -0.15) is 23.7 Å². The Morgan fingerprint density at radius 1 is 0.455 bits per heavy atom. The van der Waals surface area contributed by atoms with Crippen LogP contribution < -0.4 is 14.2 Å². The largest absolute Gasteiger partial charge is 0.433 e. The smallest absolute Gasteiger partial charge is 0.225 e. The number of hydrogen-bond acceptors (Lipinski definition) is 9. The zero-order valence-electron chi connectivity index (χ0n) is 27.1. The highest BCUT2D eigenvalue weighted by Crippen LogP contribution is 2.33. The van der Waals surface area contributed by atoms with E-state index in [1.165, 1.54) is 49.8 Å². The lowest BCUT2D eigenvalue weighted by molar-refractivity contribution is 0.356. The number of nitrogens with zero attached hydrogens (tertiary/aromatic N) is 6. The van der Waals surface area contributed by atoms with E-state index in [9.17, 15) is 39.5 Å². The first kappa shape index (κ1) is 43.9. The molecule has 0 aliphatic heterocycles. The summed E-state index contributed by atoms with van der Waals surface area (Å²) in [5.74, 6) is -14.7. The number of hydrogen-bond donors (Lipinski definition) is 0. The summed E-state index contributed by atoms with van der Waals surface area (Å²) in [6, 6.07) is 6.82. The predicted molar refractivity (Wildman–Crippen MR) is 181 cm³/mol. The molecule has 0 atom stereocenters. The van der Waals surface area contributed by atoms with Crippen molar-refractivity contribution in [1.82, 2.24) is 29.9 Å². The summed E-state index contributed by atoms with van der Waals surface area (Å²) < 4.78 is 135. The number of aromatic nitrogens is 6. The molecule has 9 nitrogen and oxygen atoms in total. The Morgan fingerprint density at radius 3 is 1.27 bits per heavy atom. The maximum Gasteiger partial charge on any atom is 0.225 e. The maximum atomic E-state index is 13.6. The van der Waals surface area contributed by atoms with Crippen molar-refractivity contribution in [2.45, 2.75) is 28.2 Å². The molecule has 6 rings (SSSR count). The third-order valence-electron chi connectivity index (χ3n) is 6.30. The summed E-state index contributed by atoms with van der Waals surface area (Å²) in [5, 5.41) is -0.436. The molecule has 0 saturated carbocycles. The van der Waals surface area contributed by atoms with Crippen LogP contribution in [0.3, 0.4) is 0 Å². The zero-order valence-corrected chi connectivity index (χ0v) is 29.4. The molecule has 0 saturated heterocycles. The van der Waals surface area contributed by atoms with Gasteiger partial charge in [-0.15, -0.1) is 0 Å². The van der Waals surface area contributed by atoms with Crippen LogP contribution in [0.15, 0.2) is 55.0 Å². The number of benzene rings is 3. The van der Waals surface area contributed by atoms with E-state index < -0.39 is 75.2 Å². The second-order valence-corrected chi connectivity index (χ2v) is 11.2. The summed E-state index contributed by atoms with van der Waals surface area (Å²) in [4.78, 5) is 21.5. The van der Waals surface area contributed by atoms with Gasteiger partial charge >= 0.3 is 0 Å². The van der Waals surface area contributed by atoms with Gasteiger partial charge in [0.05, 0.1) is 0 Å². The van der Waals surface area contributed by atoms with Gasteiger partial charge in [-0.1, -0.05) is 7.43 Å². The van der Waals surface area contributed by atoms with Gasteiger partial charge < -0.3 is 14.2 Å². The zero-order chi connectivity index (χ0) is 39.9. The van der Waals surface area contributed by atoms with E-state index >= 15 is 0 Å². The Hall–Kier alpha value is -5.46. The molecule has 0 aliphatic carbocycles. The fourth-order valence-corrected chi connectivity index (χ4v) is 4.25. The first-order valence-electron chi connectivity index (χ1n) is 14.4. The average Bonchev–Trinajstić information content (AvgIpc) is 3.11. The predicted octanol–water partition coefficient (Wildman–Crippen LogP) is 11.6. The Bertz CT molecular complexity index is 2250. The molecule has 0 bridgehead atoms. The molecule has 0 unspecified atom stereocenters. The highest BCUT2D eigenvalue weighted by molar-refractivity contribution is 6.28. The van der Waals surface area contributed by atoms with Crippen molar-refractivity contribution in [1.29, 1.82) is 0 Å². The fourth-order valence-electron chi connectivity index (χ4n) is 3.83. The minimum Gasteiger partial charge on any atom is -0.433 e. The summed E-state index contributed by atoms with van der Waals surface area (Å²) in [7, 11) is 0. The van der Waals surface area contributed by atoms with Crippen molar-refractivity contribution in [3.05, 3.63) is 140 Å². The molecule has 0 radical (unpaired) electrons. The molecular formula is C34H22Cl3F9N6O3. The fraction of sp³-hybridized carbons (Fsp3) is 0.118. The van der Waals surface area contributed by atoms with E-state index in [1.54, 1.807) is 6.92 Å². The van der Waals surface area contributed by atoms with Crippen LogP contribution in [0, 0.1) is 73.1 Å². The van der Waals surface area contributed by atoms with Crippen LogP contribution in [0.2, 0.25) is 15.9 Å². The minimum absolute atomic E-state index is 0. The van der Waals surface area contributed by atoms with Crippen LogP contribution in [-0.2, 0) is 0 Å². The number of halogens is 12. The number of rotatable bonds is 6. The first-order valence-corrected chi connectivity index (χ1v) is 15.5. The quantitative estimate of drug-likeness (QED) is 0.0701. The molecule has 21 heteroatoms. The van der Waals surface area contributed by atoms with Crippen LogP contribution in [0.4, 0.5) is 39.5 Å². The van der Waals surface area contributed by atoms with Gasteiger partial charge in [0.25, 0.3) is 0 Å². The van der Waals surface area contributed by atoms with Gasteiger partial charge in [0.15, 0.2) is 40.7 Å². The maximum absolute atomic E-state index is 13.6. The van der Waals surface area contributed by atoms with Crippen LogP contribution in [0.1, 0.15) is 24.1 Å². The number of ether oxygens (including phenoxy) is 3. The van der Waals surface area contributed by atoms with Crippen LogP contribution >= 0.6 is 34.8 Å². The number of aryl methyl sites for hydroxylation is 2. The van der Waals surface area contributed by atoms with Gasteiger partial charge in [0.1, 0.15) is 0 Å². The highest BCUT2D eigenvalue weighted by Gasteiger charge is 2.25. The van der Waals surface area contributed by atoms with Crippen molar-refractivity contribution >= 4 is 34.8 Å². The summed E-state index contributed by atoms with van der Waals surface area (Å²) in [6.07, 6.45) is 3.74. The summed E-state index contributed by atoms with van der Waals surface area (Å²) in [6.45, 7) is 3.82. The minimum atomic E-state index is -1.82. The molecule has 0 amide bonds. The van der Waals surface area contributed by atoms with Crippen molar-refractivity contribution in [3.63, 3.8) is 0 Å². The normalized spacial score (nSPS) is 10.3. The van der Waals surface area contributed by atoms with Crippen LogP contribution in [0.25, 0.3) is 0 Å². The van der Waals surface area contributed by atoms with E-state index in [1.807, 2.05) is 0 Å². The van der Waals surface area contributed by atoms with E-state index in [0.29, 0.717) is 5.56 Å². The second-order valence-electron chi connectivity index (χ2n) is 10.2. The molecule has 55 heavy (non-hydrogen) atoms. The van der Waals surface area contributed by atoms with Crippen molar-refractivity contribution in [2.24, 2.45) is 0 Å². The summed E-state index contributed by atoms with van der Waals surface area (Å²) >= 11 is 16.5. The topological polar surface area (TPSA) is 105 Å². The molecule has 0 N–H and O–H groups in total. The molecule has 0 aliphatic rings. The van der Waals surface area contributed by atoms with Crippen molar-refractivity contribution < 1.29 is 53.7 Å². The van der Waals surface area contributed by atoms with Gasteiger partial charge in [-0.25, -0.2) is 45.7 Å². The Kier molecular flexibility index (Phi) is 15.4. The Labute approximate surface area is 320 Å². The van der Waals surface area contributed by atoms with Crippen LogP contribution in [0.5, 0.6) is 34.9 Å². The average molecular weight is 840 g/mol. The molecule has 3 aromatic heterocycles.